The van der Waals surface area contributed by atoms with Crippen molar-refractivity contribution in [2.45, 2.75) is 4.90 Å². The number of carbonyl (C=O) groups excluding carboxylic acids is 2. The van der Waals surface area contributed by atoms with Crippen LogP contribution in [-0.2, 0) is 9.84 Å². The van der Waals surface area contributed by atoms with E-state index < -0.39 is 9.84 Å². The van der Waals surface area contributed by atoms with Crippen molar-refractivity contribution in [1.82, 2.24) is 0 Å². The van der Waals surface area contributed by atoms with Gasteiger partial charge in [0, 0.05) is 23.2 Å². The summed E-state index contributed by atoms with van der Waals surface area (Å²) in [6, 6.07) is 15.4. The number of amides is 2. The molecule has 0 atom stereocenters. The quantitative estimate of drug-likeness (QED) is 0.703. The maximum absolute atomic E-state index is 12.3. The molecular weight excluding hydrogens is 368 g/mol. The minimum absolute atomic E-state index is 0.149. The molecule has 2 N–H and O–H groups in total. The van der Waals surface area contributed by atoms with Gasteiger partial charge < -0.3 is 15.1 Å². The molecule has 3 aromatic rings. The van der Waals surface area contributed by atoms with E-state index in [-0.39, 0.29) is 22.5 Å². The zero-order valence-corrected chi connectivity index (χ0v) is 15.1. The molecule has 0 radical (unpaired) electrons. The molecule has 3 rings (SSSR count). The Hall–Kier alpha value is -3.39. The highest BCUT2D eigenvalue weighted by atomic mass is 32.2. The predicted octanol–water partition coefficient (Wildman–Crippen LogP) is 3.19. The van der Waals surface area contributed by atoms with Gasteiger partial charge in [0.2, 0.25) is 0 Å². The summed E-state index contributed by atoms with van der Waals surface area (Å²) in [5.74, 6) is -0.546. The van der Waals surface area contributed by atoms with Gasteiger partial charge in [-0.25, -0.2) is 8.42 Å². The number of hydrogen-bond acceptors (Lipinski definition) is 5. The first-order chi connectivity index (χ1) is 12.8. The fraction of sp³-hybridized carbons (Fsp3) is 0.0526. The SMILES string of the molecule is CS(=O)(=O)c1ccc(C(=O)Nc2ccc(NC(=O)c3ccco3)cc2)cc1. The van der Waals surface area contributed by atoms with Crippen LogP contribution in [0.4, 0.5) is 11.4 Å². The second-order valence-corrected chi connectivity index (χ2v) is 7.78. The zero-order chi connectivity index (χ0) is 19.4. The molecule has 8 heteroatoms. The maximum atomic E-state index is 12.3. The lowest BCUT2D eigenvalue weighted by molar-refractivity contribution is 0.0994. The first kappa shape index (κ1) is 18.4. The fourth-order valence-corrected chi connectivity index (χ4v) is 2.92. The Morgan fingerprint density at radius 1 is 0.815 bits per heavy atom. The molecule has 0 aliphatic heterocycles. The lowest BCUT2D eigenvalue weighted by atomic mass is 10.2. The van der Waals surface area contributed by atoms with E-state index in [1.165, 1.54) is 30.5 Å². The van der Waals surface area contributed by atoms with Gasteiger partial charge in [-0.05, 0) is 60.7 Å². The van der Waals surface area contributed by atoms with Crippen molar-refractivity contribution >= 4 is 33.0 Å². The standard InChI is InChI=1S/C19H16N2O5S/c1-27(24,25)16-10-4-13(5-11-16)18(22)20-14-6-8-15(9-7-14)21-19(23)17-3-2-12-26-17/h2-12H,1H3,(H,20,22)(H,21,23). The van der Waals surface area contributed by atoms with Crippen LogP contribution in [0.5, 0.6) is 0 Å². The van der Waals surface area contributed by atoms with Crippen LogP contribution in [0.25, 0.3) is 0 Å². The smallest absolute Gasteiger partial charge is 0.291 e. The average molecular weight is 384 g/mol. The number of anilines is 2. The highest BCUT2D eigenvalue weighted by Crippen LogP contribution is 2.17. The Kier molecular flexibility index (Phi) is 5.09. The summed E-state index contributed by atoms with van der Waals surface area (Å²) in [5, 5.41) is 5.38. The monoisotopic (exact) mass is 384 g/mol. The van der Waals surface area contributed by atoms with E-state index in [2.05, 4.69) is 10.6 Å². The lowest BCUT2D eigenvalue weighted by Crippen LogP contribution is -2.13. The molecule has 0 bridgehead atoms. The van der Waals surface area contributed by atoms with E-state index in [0.29, 0.717) is 16.9 Å². The molecule has 0 spiro atoms. The fourth-order valence-electron chi connectivity index (χ4n) is 2.29. The third-order valence-corrected chi connectivity index (χ3v) is 4.82. The summed E-state index contributed by atoms with van der Waals surface area (Å²) in [5.41, 5.74) is 1.41. The van der Waals surface area contributed by atoms with Crippen LogP contribution in [-0.4, -0.2) is 26.5 Å². The lowest BCUT2D eigenvalue weighted by Gasteiger charge is -2.08. The van der Waals surface area contributed by atoms with Gasteiger partial charge in [0.15, 0.2) is 15.6 Å². The Balaban J connectivity index is 1.64. The van der Waals surface area contributed by atoms with Crippen molar-refractivity contribution in [2.75, 3.05) is 16.9 Å². The zero-order valence-electron chi connectivity index (χ0n) is 14.3. The summed E-state index contributed by atoms with van der Waals surface area (Å²) >= 11 is 0. The number of sulfone groups is 1. The Labute approximate surface area is 155 Å². The minimum Gasteiger partial charge on any atom is -0.459 e. The number of benzene rings is 2. The molecule has 1 aromatic heterocycles. The van der Waals surface area contributed by atoms with E-state index >= 15 is 0 Å². The van der Waals surface area contributed by atoms with Crippen LogP contribution in [0.3, 0.4) is 0 Å². The van der Waals surface area contributed by atoms with E-state index in [9.17, 15) is 18.0 Å². The van der Waals surface area contributed by atoms with Crippen molar-refractivity contribution in [1.29, 1.82) is 0 Å². The molecule has 0 aliphatic rings. The van der Waals surface area contributed by atoms with Gasteiger partial charge in [-0.15, -0.1) is 0 Å². The molecular formula is C19H16N2O5S. The summed E-state index contributed by atoms with van der Waals surface area (Å²) in [6.07, 6.45) is 2.52. The highest BCUT2D eigenvalue weighted by molar-refractivity contribution is 7.90. The molecule has 7 nitrogen and oxygen atoms in total. The molecule has 138 valence electrons. The Morgan fingerprint density at radius 2 is 1.37 bits per heavy atom. The second-order valence-electron chi connectivity index (χ2n) is 5.76. The first-order valence-corrected chi connectivity index (χ1v) is 9.78. The number of nitrogens with one attached hydrogen (secondary N) is 2. The predicted molar refractivity (Wildman–Crippen MR) is 101 cm³/mol. The molecule has 0 aliphatic carbocycles. The molecule has 1 heterocycles. The molecule has 2 amide bonds. The van der Waals surface area contributed by atoms with Gasteiger partial charge in [0.25, 0.3) is 11.8 Å². The van der Waals surface area contributed by atoms with E-state index in [4.69, 9.17) is 4.42 Å². The molecule has 27 heavy (non-hydrogen) atoms. The van der Waals surface area contributed by atoms with E-state index in [0.717, 1.165) is 6.26 Å². The van der Waals surface area contributed by atoms with E-state index in [1.54, 1.807) is 36.4 Å². The highest BCUT2D eigenvalue weighted by Gasteiger charge is 2.11. The van der Waals surface area contributed by atoms with Crippen LogP contribution in [0, 0.1) is 0 Å². The minimum atomic E-state index is -3.31. The number of rotatable bonds is 5. The summed E-state index contributed by atoms with van der Waals surface area (Å²) in [4.78, 5) is 24.3. The van der Waals surface area contributed by atoms with Gasteiger partial charge in [-0.2, -0.15) is 0 Å². The topological polar surface area (TPSA) is 105 Å². The maximum Gasteiger partial charge on any atom is 0.291 e. The van der Waals surface area contributed by atoms with Gasteiger partial charge in [0.1, 0.15) is 0 Å². The summed E-state index contributed by atoms with van der Waals surface area (Å²) < 4.78 is 27.9. The van der Waals surface area contributed by atoms with Crippen LogP contribution in [0.2, 0.25) is 0 Å². The van der Waals surface area contributed by atoms with Crippen molar-refractivity contribution in [3.63, 3.8) is 0 Å². The average Bonchev–Trinajstić information content (AvgIpc) is 3.17. The molecule has 0 saturated heterocycles. The van der Waals surface area contributed by atoms with Crippen molar-refractivity contribution < 1.29 is 22.4 Å². The molecule has 0 fully saturated rings. The van der Waals surface area contributed by atoms with Gasteiger partial charge in [0.05, 0.1) is 11.2 Å². The largest absolute Gasteiger partial charge is 0.459 e. The third-order valence-electron chi connectivity index (χ3n) is 3.69. The number of hydrogen-bond donors (Lipinski definition) is 2. The third kappa shape index (κ3) is 4.62. The van der Waals surface area contributed by atoms with Gasteiger partial charge >= 0.3 is 0 Å². The Morgan fingerprint density at radius 3 is 1.85 bits per heavy atom. The Bertz CT molecular complexity index is 1050. The number of carbonyl (C=O) groups is 2. The molecule has 0 unspecified atom stereocenters. The van der Waals surface area contributed by atoms with Gasteiger partial charge in [-0.3, -0.25) is 9.59 Å². The normalized spacial score (nSPS) is 11.0. The van der Waals surface area contributed by atoms with Crippen LogP contribution < -0.4 is 10.6 Å². The van der Waals surface area contributed by atoms with Crippen LogP contribution in [0.15, 0.2) is 76.2 Å². The van der Waals surface area contributed by atoms with Crippen LogP contribution in [0.1, 0.15) is 20.9 Å². The summed E-state index contributed by atoms with van der Waals surface area (Å²) in [6.45, 7) is 0. The number of furan rings is 1. The second kappa shape index (κ2) is 7.46. The molecule has 2 aromatic carbocycles. The first-order valence-electron chi connectivity index (χ1n) is 7.89. The van der Waals surface area contributed by atoms with Crippen LogP contribution >= 0.6 is 0 Å². The van der Waals surface area contributed by atoms with Gasteiger partial charge in [-0.1, -0.05) is 0 Å². The van der Waals surface area contributed by atoms with E-state index in [1.807, 2.05) is 0 Å². The van der Waals surface area contributed by atoms with Crippen molar-refractivity contribution in [2.24, 2.45) is 0 Å². The summed E-state index contributed by atoms with van der Waals surface area (Å²) in [7, 11) is -3.31. The van der Waals surface area contributed by atoms with Crippen molar-refractivity contribution in [3.8, 4) is 0 Å². The van der Waals surface area contributed by atoms with Crippen molar-refractivity contribution in [3.05, 3.63) is 78.3 Å². The molecule has 0 saturated carbocycles.